The Hall–Kier alpha value is -0.640. The quantitative estimate of drug-likeness (QED) is 0.598. The highest BCUT2D eigenvalue weighted by Gasteiger charge is 2.33. The van der Waals surface area contributed by atoms with E-state index in [1.165, 1.54) is 22.8 Å². The van der Waals surface area contributed by atoms with Crippen LogP contribution in [0.3, 0.4) is 0 Å². The number of benzene rings is 1. The number of rotatable bonds is 5. The average molecular weight is 314 g/mol. The van der Waals surface area contributed by atoms with Crippen LogP contribution < -0.4 is 0 Å². The first-order chi connectivity index (χ1) is 9.10. The number of ether oxygens (including phenoxy) is 1. The summed E-state index contributed by atoms with van der Waals surface area (Å²) in [5.74, 6) is 1.36. The molecule has 1 fully saturated rings. The first kappa shape index (κ1) is 14.8. The van der Waals surface area contributed by atoms with E-state index in [0.717, 1.165) is 17.1 Å². The summed E-state index contributed by atoms with van der Waals surface area (Å²) in [6.07, 6.45) is 0.0457. The van der Waals surface area contributed by atoms with Crippen molar-refractivity contribution in [1.82, 2.24) is 0 Å². The third-order valence-electron chi connectivity index (χ3n) is 2.58. The van der Waals surface area contributed by atoms with Gasteiger partial charge in [0, 0.05) is 16.8 Å². The minimum Gasteiger partial charge on any atom is -0.461 e. The Labute approximate surface area is 121 Å². The van der Waals surface area contributed by atoms with Crippen LogP contribution in [0.25, 0.3) is 0 Å². The van der Waals surface area contributed by atoms with E-state index in [4.69, 9.17) is 4.74 Å². The molecule has 0 atom stereocenters. The lowest BCUT2D eigenvalue weighted by Crippen LogP contribution is -2.04. The van der Waals surface area contributed by atoms with Crippen molar-refractivity contribution in [3.8, 4) is 0 Å². The van der Waals surface area contributed by atoms with Crippen LogP contribution in [0, 0.1) is 0 Å². The van der Waals surface area contributed by atoms with Crippen molar-refractivity contribution in [2.24, 2.45) is 0 Å². The second-order valence-corrected chi connectivity index (χ2v) is 12.3. The number of carbonyl (C=O) groups excluding carboxylic acids is 1. The van der Waals surface area contributed by atoms with E-state index < -0.39 is 5.55 Å². The fourth-order valence-electron chi connectivity index (χ4n) is 1.59. The molecule has 0 N–H and O–H groups in total. The van der Waals surface area contributed by atoms with Crippen molar-refractivity contribution in [3.05, 3.63) is 47.8 Å². The van der Waals surface area contributed by atoms with Crippen LogP contribution >= 0.6 is 28.3 Å². The summed E-state index contributed by atoms with van der Waals surface area (Å²) in [4.78, 5) is 11.7. The molecule has 0 amide bonds. The van der Waals surface area contributed by atoms with E-state index in [1.807, 2.05) is 30.3 Å². The number of esters is 1. The molecule has 1 aromatic rings. The van der Waals surface area contributed by atoms with Gasteiger partial charge < -0.3 is 4.74 Å². The Kier molecular flexibility index (Phi) is 5.20. The van der Waals surface area contributed by atoms with Gasteiger partial charge in [-0.25, -0.2) is 0 Å². The van der Waals surface area contributed by atoms with Crippen molar-refractivity contribution in [1.29, 1.82) is 0 Å². The predicted octanol–water partition coefficient (Wildman–Crippen LogP) is 4.31. The SMILES string of the molecule is C=C(CC(=O)OCc1ccccc1)P1(=O)SCCS1. The lowest BCUT2D eigenvalue weighted by Gasteiger charge is -2.12. The van der Waals surface area contributed by atoms with Gasteiger partial charge in [-0.15, -0.1) is 0 Å². The summed E-state index contributed by atoms with van der Waals surface area (Å²) in [6.45, 7) is 4.05. The topological polar surface area (TPSA) is 43.4 Å². The standard InChI is InChI=1S/C13H15O3PS2/c1-11(17(15)18-7-8-19-17)9-13(14)16-10-12-5-3-2-4-6-12/h2-6H,1,7-10H2. The summed E-state index contributed by atoms with van der Waals surface area (Å²) in [5, 5.41) is 0.512. The normalized spacial score (nSPS) is 17.1. The zero-order chi connectivity index (χ0) is 13.7. The summed E-state index contributed by atoms with van der Waals surface area (Å²) in [6, 6.07) is 9.49. The van der Waals surface area contributed by atoms with Crippen LogP contribution in [0.5, 0.6) is 0 Å². The molecule has 2 rings (SSSR count). The molecule has 0 aliphatic carbocycles. The van der Waals surface area contributed by atoms with Crippen LogP contribution in [0.15, 0.2) is 42.2 Å². The van der Waals surface area contributed by atoms with Crippen molar-refractivity contribution in [2.45, 2.75) is 13.0 Å². The van der Waals surface area contributed by atoms with Crippen LogP contribution in [-0.2, 0) is 20.7 Å². The number of hydrogen-bond acceptors (Lipinski definition) is 5. The van der Waals surface area contributed by atoms with Gasteiger partial charge in [0.25, 0.3) is 0 Å². The molecule has 6 heteroatoms. The monoisotopic (exact) mass is 314 g/mol. The third kappa shape index (κ3) is 4.16. The largest absolute Gasteiger partial charge is 0.461 e. The highest BCUT2D eigenvalue weighted by atomic mass is 33.1. The Morgan fingerprint density at radius 3 is 2.53 bits per heavy atom. The molecule has 0 spiro atoms. The maximum atomic E-state index is 12.3. The van der Waals surface area contributed by atoms with Crippen molar-refractivity contribution >= 4 is 34.3 Å². The molecule has 0 radical (unpaired) electrons. The summed E-state index contributed by atoms with van der Waals surface area (Å²) < 4.78 is 17.5. The molecule has 19 heavy (non-hydrogen) atoms. The van der Waals surface area contributed by atoms with Crippen LogP contribution in [0.1, 0.15) is 12.0 Å². The first-order valence-corrected chi connectivity index (χ1v) is 10.8. The minimum absolute atomic E-state index is 0.0457. The van der Waals surface area contributed by atoms with Gasteiger partial charge in [0.15, 0.2) is 0 Å². The van der Waals surface area contributed by atoms with E-state index in [0.29, 0.717) is 5.31 Å². The maximum absolute atomic E-state index is 12.3. The van der Waals surface area contributed by atoms with Crippen molar-refractivity contribution in [2.75, 3.05) is 11.5 Å². The van der Waals surface area contributed by atoms with Gasteiger partial charge in [-0.1, -0.05) is 59.7 Å². The molecule has 102 valence electrons. The smallest absolute Gasteiger partial charge is 0.310 e. The molecule has 3 nitrogen and oxygen atoms in total. The molecule has 0 bridgehead atoms. The fraction of sp³-hybridized carbons (Fsp3) is 0.308. The van der Waals surface area contributed by atoms with Gasteiger partial charge in [0.05, 0.1) is 6.42 Å². The molecule has 1 heterocycles. The van der Waals surface area contributed by atoms with Gasteiger partial charge >= 0.3 is 5.97 Å². The van der Waals surface area contributed by atoms with Gasteiger partial charge in [0.1, 0.15) is 6.61 Å². The predicted molar refractivity (Wildman–Crippen MR) is 82.5 cm³/mol. The fourth-order valence-corrected chi connectivity index (χ4v) is 9.93. The van der Waals surface area contributed by atoms with Crippen molar-refractivity contribution in [3.63, 3.8) is 0 Å². The van der Waals surface area contributed by atoms with Crippen LogP contribution in [0.4, 0.5) is 0 Å². The van der Waals surface area contributed by atoms with E-state index in [2.05, 4.69) is 6.58 Å². The second-order valence-electron chi connectivity index (χ2n) is 4.05. The van der Waals surface area contributed by atoms with E-state index >= 15 is 0 Å². The minimum atomic E-state index is -2.47. The highest BCUT2D eigenvalue weighted by Crippen LogP contribution is 2.78. The maximum Gasteiger partial charge on any atom is 0.310 e. The molecule has 1 saturated heterocycles. The Morgan fingerprint density at radius 1 is 1.26 bits per heavy atom. The summed E-state index contributed by atoms with van der Waals surface area (Å²) in [7, 11) is 0. The lowest BCUT2D eigenvalue weighted by molar-refractivity contribution is -0.143. The zero-order valence-corrected chi connectivity index (χ0v) is 12.9. The van der Waals surface area contributed by atoms with Gasteiger partial charge in [-0.2, -0.15) is 0 Å². The van der Waals surface area contributed by atoms with Gasteiger partial charge in [0.2, 0.25) is 5.55 Å². The van der Waals surface area contributed by atoms with E-state index in [9.17, 15) is 9.36 Å². The highest BCUT2D eigenvalue weighted by molar-refractivity contribution is 8.93. The molecule has 0 aromatic heterocycles. The zero-order valence-electron chi connectivity index (χ0n) is 10.4. The van der Waals surface area contributed by atoms with E-state index in [-0.39, 0.29) is 19.0 Å². The Morgan fingerprint density at radius 2 is 1.89 bits per heavy atom. The molecule has 1 aromatic carbocycles. The molecule has 1 aliphatic rings. The van der Waals surface area contributed by atoms with Crippen LogP contribution in [-0.4, -0.2) is 17.5 Å². The molecule has 0 saturated carbocycles. The summed E-state index contributed by atoms with van der Waals surface area (Å²) >= 11 is 2.84. The van der Waals surface area contributed by atoms with E-state index in [1.54, 1.807) is 0 Å². The Balaban J connectivity index is 1.81. The number of hydrogen-bond donors (Lipinski definition) is 0. The molecular formula is C13H15O3PS2. The lowest BCUT2D eigenvalue weighted by atomic mass is 10.2. The van der Waals surface area contributed by atoms with Gasteiger partial charge in [-0.05, 0) is 5.56 Å². The first-order valence-electron chi connectivity index (χ1n) is 5.87. The second kappa shape index (κ2) is 6.69. The van der Waals surface area contributed by atoms with Crippen molar-refractivity contribution < 1.29 is 14.1 Å². The molecule has 0 unspecified atom stereocenters. The third-order valence-corrected chi connectivity index (χ3v) is 11.8. The Bertz CT molecular complexity index is 506. The molecular weight excluding hydrogens is 299 g/mol. The van der Waals surface area contributed by atoms with Crippen LogP contribution in [0.2, 0.25) is 0 Å². The summed E-state index contributed by atoms with van der Waals surface area (Å²) in [5.41, 5.74) is -1.53. The average Bonchev–Trinajstić information content (AvgIpc) is 2.86. The van der Waals surface area contributed by atoms with Gasteiger partial charge in [-0.3, -0.25) is 9.36 Å². The number of carbonyl (C=O) groups is 1. The molecule has 1 aliphatic heterocycles.